The number of rotatable bonds is 1. The fourth-order valence-electron chi connectivity index (χ4n) is 5.38. The maximum atomic E-state index is 4.96. The second-order valence-corrected chi connectivity index (χ2v) is 7.76. The van der Waals surface area contributed by atoms with Gasteiger partial charge in [-0.25, -0.2) is 4.98 Å². The average molecular weight is 301 g/mol. The maximum absolute atomic E-state index is 4.96. The first-order valence-corrected chi connectivity index (χ1v) is 9.01. The predicted octanol–water partition coefficient (Wildman–Crippen LogP) is 5.55. The lowest BCUT2D eigenvalue weighted by molar-refractivity contribution is 0.338. The molecule has 23 heavy (non-hydrogen) atoms. The highest BCUT2D eigenvalue weighted by molar-refractivity contribution is 5.85. The van der Waals surface area contributed by atoms with E-state index in [0.717, 1.165) is 29.0 Å². The topological polar surface area (TPSA) is 12.9 Å². The van der Waals surface area contributed by atoms with Gasteiger partial charge < -0.3 is 0 Å². The number of nitrogens with zero attached hydrogens (tertiary/aromatic N) is 1. The first-order chi connectivity index (χ1) is 11.2. The molecule has 1 aromatic heterocycles. The number of hydrogen-bond acceptors (Lipinski definition) is 1. The minimum atomic E-state index is 0.662. The van der Waals surface area contributed by atoms with Crippen molar-refractivity contribution in [2.24, 2.45) is 23.7 Å². The number of pyridine rings is 1. The van der Waals surface area contributed by atoms with Crippen LogP contribution in [-0.4, -0.2) is 4.98 Å². The molecule has 1 aromatic carbocycles. The molecule has 4 atom stereocenters. The molecule has 0 aliphatic heterocycles. The summed E-state index contributed by atoms with van der Waals surface area (Å²) in [6, 6.07) is 10.8. The molecule has 0 radical (unpaired) electrons. The van der Waals surface area contributed by atoms with Gasteiger partial charge >= 0.3 is 0 Å². The van der Waals surface area contributed by atoms with Crippen molar-refractivity contribution in [3.63, 3.8) is 0 Å². The zero-order chi connectivity index (χ0) is 15.6. The lowest BCUT2D eigenvalue weighted by Gasteiger charge is -2.32. The summed E-state index contributed by atoms with van der Waals surface area (Å²) in [5.74, 6) is 3.29. The molecule has 4 unspecified atom stereocenters. The SMILES string of the molecule is Cc1cccc2nc(C3=CC(C)C4C(=C3)C3CCC4C3)ccc12. The Morgan fingerprint density at radius 1 is 1.09 bits per heavy atom. The molecule has 1 nitrogen and oxygen atoms in total. The Bertz CT molecular complexity index is 857. The molecule has 5 rings (SSSR count). The van der Waals surface area contributed by atoms with Gasteiger partial charge in [0.2, 0.25) is 0 Å². The monoisotopic (exact) mass is 301 g/mol. The summed E-state index contributed by atoms with van der Waals surface area (Å²) in [6.07, 6.45) is 9.26. The Balaban J connectivity index is 1.60. The van der Waals surface area contributed by atoms with Crippen molar-refractivity contribution in [2.75, 3.05) is 0 Å². The van der Waals surface area contributed by atoms with Gasteiger partial charge in [-0.1, -0.05) is 42.8 Å². The fourth-order valence-corrected chi connectivity index (χ4v) is 5.38. The number of benzene rings is 1. The molecule has 116 valence electrons. The van der Waals surface area contributed by atoms with Crippen molar-refractivity contribution in [3.8, 4) is 0 Å². The summed E-state index contributed by atoms with van der Waals surface area (Å²) in [5, 5.41) is 1.27. The third kappa shape index (κ3) is 1.95. The third-order valence-corrected chi connectivity index (χ3v) is 6.41. The molecular formula is C22H23N. The van der Waals surface area contributed by atoms with Crippen LogP contribution < -0.4 is 0 Å². The van der Waals surface area contributed by atoms with E-state index in [2.05, 4.69) is 56.3 Å². The zero-order valence-corrected chi connectivity index (χ0v) is 13.9. The highest BCUT2D eigenvalue weighted by Gasteiger charge is 2.46. The van der Waals surface area contributed by atoms with Crippen LogP contribution >= 0.6 is 0 Å². The molecule has 2 fully saturated rings. The number of hydrogen-bond donors (Lipinski definition) is 0. The molecule has 2 aromatic rings. The van der Waals surface area contributed by atoms with Gasteiger partial charge in [0.05, 0.1) is 11.2 Å². The van der Waals surface area contributed by atoms with Gasteiger partial charge in [0.25, 0.3) is 0 Å². The molecule has 0 saturated heterocycles. The van der Waals surface area contributed by atoms with E-state index in [1.54, 1.807) is 5.57 Å². The highest BCUT2D eigenvalue weighted by Crippen LogP contribution is 2.57. The van der Waals surface area contributed by atoms with E-state index in [9.17, 15) is 0 Å². The van der Waals surface area contributed by atoms with Crippen LogP contribution in [0.25, 0.3) is 16.5 Å². The Hall–Kier alpha value is -1.89. The van der Waals surface area contributed by atoms with Crippen LogP contribution in [0.2, 0.25) is 0 Å². The Labute approximate surface area is 138 Å². The molecule has 3 aliphatic rings. The van der Waals surface area contributed by atoms with E-state index in [4.69, 9.17) is 4.98 Å². The number of aromatic nitrogens is 1. The summed E-state index contributed by atoms with van der Waals surface area (Å²) in [6.45, 7) is 4.57. The average Bonchev–Trinajstić information content (AvgIpc) is 3.16. The van der Waals surface area contributed by atoms with E-state index in [-0.39, 0.29) is 0 Å². The number of aryl methyl sites for hydroxylation is 1. The summed E-state index contributed by atoms with van der Waals surface area (Å²) >= 11 is 0. The van der Waals surface area contributed by atoms with Crippen molar-refractivity contribution in [2.45, 2.75) is 33.1 Å². The molecular weight excluding hydrogens is 278 g/mol. The molecule has 3 aliphatic carbocycles. The molecule has 0 amide bonds. The van der Waals surface area contributed by atoms with Crippen LogP contribution in [0.5, 0.6) is 0 Å². The van der Waals surface area contributed by atoms with Crippen LogP contribution in [0.3, 0.4) is 0 Å². The van der Waals surface area contributed by atoms with Gasteiger partial charge in [-0.05, 0) is 73.1 Å². The Morgan fingerprint density at radius 2 is 2.00 bits per heavy atom. The van der Waals surface area contributed by atoms with E-state index < -0.39 is 0 Å². The Kier molecular flexibility index (Phi) is 2.83. The van der Waals surface area contributed by atoms with Crippen molar-refractivity contribution in [1.82, 2.24) is 4.98 Å². The summed E-state index contributed by atoms with van der Waals surface area (Å²) in [7, 11) is 0. The Morgan fingerprint density at radius 3 is 2.91 bits per heavy atom. The zero-order valence-electron chi connectivity index (χ0n) is 13.9. The number of fused-ring (bicyclic) bond motifs is 6. The second-order valence-electron chi connectivity index (χ2n) is 7.76. The minimum Gasteiger partial charge on any atom is -0.248 e. The van der Waals surface area contributed by atoms with Gasteiger partial charge in [0, 0.05) is 5.39 Å². The standard InChI is InChI=1S/C22H23N/c1-13-4-3-5-21-18(13)8-9-20(23-21)17-10-14(2)22-16-7-6-15(11-16)19(22)12-17/h3-5,8-10,12,14-16,22H,6-7,11H2,1-2H3. The smallest absolute Gasteiger partial charge is 0.0712 e. The van der Waals surface area contributed by atoms with Crippen molar-refractivity contribution in [3.05, 3.63) is 59.3 Å². The van der Waals surface area contributed by atoms with Gasteiger partial charge in [0.15, 0.2) is 0 Å². The van der Waals surface area contributed by atoms with Crippen LogP contribution in [0.1, 0.15) is 37.4 Å². The first kappa shape index (κ1) is 13.5. The highest BCUT2D eigenvalue weighted by atomic mass is 14.7. The summed E-state index contributed by atoms with van der Waals surface area (Å²) in [4.78, 5) is 4.96. The third-order valence-electron chi connectivity index (χ3n) is 6.41. The van der Waals surface area contributed by atoms with Crippen LogP contribution in [-0.2, 0) is 0 Å². The molecule has 1 heteroatoms. The quantitative estimate of drug-likeness (QED) is 0.673. The second kappa shape index (κ2) is 4.80. The lowest BCUT2D eigenvalue weighted by Crippen LogP contribution is -2.22. The van der Waals surface area contributed by atoms with Crippen molar-refractivity contribution < 1.29 is 0 Å². The normalized spacial score (nSPS) is 31.9. The minimum absolute atomic E-state index is 0.662. The molecule has 2 saturated carbocycles. The molecule has 2 bridgehead atoms. The maximum Gasteiger partial charge on any atom is 0.0712 e. The van der Waals surface area contributed by atoms with E-state index in [0.29, 0.717) is 5.92 Å². The van der Waals surface area contributed by atoms with Gasteiger partial charge in [-0.15, -0.1) is 0 Å². The fraction of sp³-hybridized carbons (Fsp3) is 0.409. The van der Waals surface area contributed by atoms with Crippen LogP contribution in [0.4, 0.5) is 0 Å². The first-order valence-electron chi connectivity index (χ1n) is 9.01. The van der Waals surface area contributed by atoms with Gasteiger partial charge in [-0.3, -0.25) is 0 Å². The van der Waals surface area contributed by atoms with E-state index in [1.165, 1.54) is 35.8 Å². The predicted molar refractivity (Wildman–Crippen MR) is 96.0 cm³/mol. The van der Waals surface area contributed by atoms with Crippen LogP contribution in [0.15, 0.2) is 48.1 Å². The molecule has 1 heterocycles. The van der Waals surface area contributed by atoms with Gasteiger partial charge in [0.1, 0.15) is 0 Å². The summed E-state index contributed by atoms with van der Waals surface area (Å²) < 4.78 is 0. The molecule has 0 spiro atoms. The van der Waals surface area contributed by atoms with Gasteiger partial charge in [-0.2, -0.15) is 0 Å². The van der Waals surface area contributed by atoms with E-state index in [1.807, 2.05) is 0 Å². The van der Waals surface area contributed by atoms with Crippen molar-refractivity contribution >= 4 is 16.5 Å². The lowest BCUT2D eigenvalue weighted by atomic mass is 9.72. The van der Waals surface area contributed by atoms with E-state index >= 15 is 0 Å². The van der Waals surface area contributed by atoms with Crippen LogP contribution in [0, 0.1) is 30.6 Å². The van der Waals surface area contributed by atoms with Crippen molar-refractivity contribution in [1.29, 1.82) is 0 Å². The number of allylic oxidation sites excluding steroid dienone is 4. The molecule has 0 N–H and O–H groups in total. The largest absolute Gasteiger partial charge is 0.248 e. The summed E-state index contributed by atoms with van der Waals surface area (Å²) in [5.41, 5.74) is 6.64.